The van der Waals surface area contributed by atoms with Gasteiger partial charge in [-0.05, 0) is 39.3 Å². The molecule has 2 aromatic rings. The maximum atomic E-state index is 12.0. The highest BCUT2D eigenvalue weighted by atomic mass is 35.5. The van der Waals surface area contributed by atoms with Crippen molar-refractivity contribution in [3.63, 3.8) is 0 Å². The van der Waals surface area contributed by atoms with Crippen LogP contribution < -0.4 is 0 Å². The van der Waals surface area contributed by atoms with Gasteiger partial charge >= 0.3 is 5.97 Å². The average molecular weight is 309 g/mol. The Hall–Kier alpha value is -1.95. The highest BCUT2D eigenvalue weighted by molar-refractivity contribution is 6.31. The summed E-state index contributed by atoms with van der Waals surface area (Å²) in [5.74, 6) is -0.480. The summed E-state index contributed by atoms with van der Waals surface area (Å²) in [5.41, 5.74) is 1.14. The lowest BCUT2D eigenvalue weighted by Gasteiger charge is -2.18. The first-order chi connectivity index (χ1) is 9.78. The molecule has 21 heavy (non-hydrogen) atoms. The van der Waals surface area contributed by atoms with Crippen LogP contribution in [0.4, 0.5) is 0 Å². The van der Waals surface area contributed by atoms with E-state index in [9.17, 15) is 4.79 Å². The highest BCUT2D eigenvalue weighted by Gasteiger charge is 2.23. The smallest absolute Gasteiger partial charge is 0.361 e. The Morgan fingerprint density at radius 1 is 1.43 bits per heavy atom. The van der Waals surface area contributed by atoms with Gasteiger partial charge in [-0.3, -0.25) is 4.98 Å². The Bertz CT molecular complexity index is 661. The molecule has 0 saturated carbocycles. The van der Waals surface area contributed by atoms with Gasteiger partial charge in [0.15, 0.2) is 5.69 Å². The quantitative estimate of drug-likeness (QED) is 0.815. The molecule has 2 rings (SSSR count). The molecule has 0 atom stereocenters. The molecule has 7 heteroatoms. The molecule has 6 nitrogen and oxygen atoms in total. The van der Waals surface area contributed by atoms with E-state index >= 15 is 0 Å². The lowest BCUT2D eigenvalue weighted by Crippen LogP contribution is -2.24. The summed E-state index contributed by atoms with van der Waals surface area (Å²) in [7, 11) is 0. The lowest BCUT2D eigenvalue weighted by molar-refractivity contribution is 0.00619. The zero-order valence-corrected chi connectivity index (χ0v) is 13.2. The molecule has 0 aromatic carbocycles. The summed E-state index contributed by atoms with van der Waals surface area (Å²) < 4.78 is 6.91. The number of carbonyl (C=O) groups is 1. The molecule has 0 fully saturated rings. The molecule has 0 N–H and O–H groups in total. The molecule has 0 unspecified atom stereocenters. The van der Waals surface area contributed by atoms with Crippen molar-refractivity contribution in [2.24, 2.45) is 0 Å². The van der Waals surface area contributed by atoms with Crippen LogP contribution in [0.25, 0.3) is 0 Å². The molecule has 112 valence electrons. The van der Waals surface area contributed by atoms with E-state index < -0.39 is 11.6 Å². The van der Waals surface area contributed by atoms with Crippen LogP contribution in [0.2, 0.25) is 5.02 Å². The van der Waals surface area contributed by atoms with Gasteiger partial charge in [-0.1, -0.05) is 16.8 Å². The molecule has 0 bridgehead atoms. The van der Waals surface area contributed by atoms with Crippen molar-refractivity contribution in [2.75, 3.05) is 0 Å². The van der Waals surface area contributed by atoms with E-state index in [1.54, 1.807) is 50.8 Å². The highest BCUT2D eigenvalue weighted by Crippen LogP contribution is 2.17. The summed E-state index contributed by atoms with van der Waals surface area (Å²) in [6.45, 7) is 7.61. The fourth-order valence-corrected chi connectivity index (χ4v) is 1.90. The van der Waals surface area contributed by atoms with Crippen molar-refractivity contribution in [3.8, 4) is 0 Å². The van der Waals surface area contributed by atoms with E-state index in [1.165, 1.54) is 0 Å². The van der Waals surface area contributed by atoms with Crippen LogP contribution in [-0.4, -0.2) is 31.5 Å². The SMILES string of the molecule is Cc1c(C(=O)OC(C)(C)C)nnn1Cc1ccncc1Cl. The molecular weight excluding hydrogens is 292 g/mol. The summed E-state index contributed by atoms with van der Waals surface area (Å²) in [6.07, 6.45) is 3.22. The van der Waals surface area contributed by atoms with Crippen LogP contribution in [0.15, 0.2) is 18.5 Å². The third-order valence-electron chi connectivity index (χ3n) is 2.75. The Morgan fingerprint density at radius 3 is 2.76 bits per heavy atom. The average Bonchev–Trinajstić information content (AvgIpc) is 2.72. The van der Waals surface area contributed by atoms with Crippen molar-refractivity contribution in [2.45, 2.75) is 39.8 Å². The molecule has 2 aromatic heterocycles. The third-order valence-corrected chi connectivity index (χ3v) is 3.09. The molecule has 0 radical (unpaired) electrons. The molecular formula is C14H17ClN4O2. The first-order valence-corrected chi connectivity index (χ1v) is 6.87. The van der Waals surface area contributed by atoms with Crippen LogP contribution in [0.3, 0.4) is 0 Å². The largest absolute Gasteiger partial charge is 0.455 e. The number of hydrogen-bond donors (Lipinski definition) is 0. The topological polar surface area (TPSA) is 69.9 Å². The van der Waals surface area contributed by atoms with E-state index in [0.29, 0.717) is 17.3 Å². The number of nitrogens with zero attached hydrogens (tertiary/aromatic N) is 4. The number of rotatable bonds is 3. The molecule has 0 aliphatic carbocycles. The summed E-state index contributed by atoms with van der Waals surface area (Å²) >= 11 is 6.07. The second-order valence-corrected chi connectivity index (χ2v) is 6.06. The van der Waals surface area contributed by atoms with Gasteiger partial charge in [0.1, 0.15) is 5.60 Å². The van der Waals surface area contributed by atoms with Gasteiger partial charge in [-0.25, -0.2) is 9.48 Å². The Balaban J connectivity index is 2.21. The molecule has 0 saturated heterocycles. The molecule has 0 amide bonds. The van der Waals surface area contributed by atoms with Crippen LogP contribution >= 0.6 is 11.6 Å². The molecule has 0 spiro atoms. The Labute approximate surface area is 128 Å². The van der Waals surface area contributed by atoms with Crippen molar-refractivity contribution in [1.82, 2.24) is 20.0 Å². The van der Waals surface area contributed by atoms with Gasteiger partial charge in [0, 0.05) is 12.4 Å². The fraction of sp³-hybridized carbons (Fsp3) is 0.429. The van der Waals surface area contributed by atoms with Gasteiger partial charge in [0.2, 0.25) is 0 Å². The predicted octanol–water partition coefficient (Wildman–Crippen LogP) is 2.64. The maximum absolute atomic E-state index is 12.0. The standard InChI is InChI=1S/C14H17ClN4O2/c1-9-12(13(20)21-14(2,3)4)17-18-19(9)8-10-5-6-16-7-11(10)15/h5-7H,8H2,1-4H3. The van der Waals surface area contributed by atoms with Crippen LogP contribution in [0.5, 0.6) is 0 Å². The number of carbonyl (C=O) groups excluding carboxylic acids is 1. The van der Waals surface area contributed by atoms with E-state index in [1.807, 2.05) is 0 Å². The van der Waals surface area contributed by atoms with Crippen molar-refractivity contribution in [1.29, 1.82) is 0 Å². The Kier molecular flexibility index (Phi) is 4.27. The van der Waals surface area contributed by atoms with E-state index in [-0.39, 0.29) is 5.69 Å². The fourth-order valence-electron chi connectivity index (χ4n) is 1.72. The monoisotopic (exact) mass is 308 g/mol. The van der Waals surface area contributed by atoms with Gasteiger partial charge in [0.05, 0.1) is 17.3 Å². The zero-order chi connectivity index (χ0) is 15.6. The number of ether oxygens (including phenoxy) is 1. The number of hydrogen-bond acceptors (Lipinski definition) is 5. The second kappa shape index (κ2) is 5.81. The first-order valence-electron chi connectivity index (χ1n) is 6.50. The van der Waals surface area contributed by atoms with Crippen LogP contribution in [0, 0.1) is 6.92 Å². The van der Waals surface area contributed by atoms with Crippen LogP contribution in [0.1, 0.15) is 42.5 Å². The lowest BCUT2D eigenvalue weighted by atomic mass is 10.2. The molecule has 2 heterocycles. The summed E-state index contributed by atoms with van der Waals surface area (Å²) in [4.78, 5) is 16.0. The number of halogens is 1. The first kappa shape index (κ1) is 15.4. The van der Waals surface area contributed by atoms with E-state index in [2.05, 4.69) is 15.3 Å². The van der Waals surface area contributed by atoms with Gasteiger partial charge in [-0.2, -0.15) is 0 Å². The minimum Gasteiger partial charge on any atom is -0.455 e. The van der Waals surface area contributed by atoms with Crippen molar-refractivity contribution in [3.05, 3.63) is 40.4 Å². The van der Waals surface area contributed by atoms with Gasteiger partial charge in [0.25, 0.3) is 0 Å². The van der Waals surface area contributed by atoms with E-state index in [0.717, 1.165) is 5.56 Å². The normalized spacial score (nSPS) is 11.5. The minimum absolute atomic E-state index is 0.218. The second-order valence-electron chi connectivity index (χ2n) is 5.65. The maximum Gasteiger partial charge on any atom is 0.361 e. The predicted molar refractivity (Wildman–Crippen MR) is 78.3 cm³/mol. The zero-order valence-electron chi connectivity index (χ0n) is 12.4. The summed E-state index contributed by atoms with van der Waals surface area (Å²) in [6, 6.07) is 1.80. The minimum atomic E-state index is -0.568. The number of pyridine rings is 1. The third kappa shape index (κ3) is 3.78. The summed E-state index contributed by atoms with van der Waals surface area (Å²) in [5, 5.41) is 8.44. The molecule has 0 aliphatic heterocycles. The van der Waals surface area contributed by atoms with Gasteiger partial charge in [-0.15, -0.1) is 5.10 Å². The molecule has 0 aliphatic rings. The Morgan fingerprint density at radius 2 is 2.14 bits per heavy atom. The van der Waals surface area contributed by atoms with E-state index in [4.69, 9.17) is 16.3 Å². The number of aromatic nitrogens is 4. The van der Waals surface area contributed by atoms with Crippen molar-refractivity contribution >= 4 is 17.6 Å². The van der Waals surface area contributed by atoms with Crippen molar-refractivity contribution < 1.29 is 9.53 Å². The van der Waals surface area contributed by atoms with Crippen LogP contribution in [-0.2, 0) is 11.3 Å². The number of esters is 1. The van der Waals surface area contributed by atoms with Gasteiger partial charge < -0.3 is 4.74 Å².